The van der Waals surface area contributed by atoms with Crippen LogP contribution in [0.5, 0.6) is 0 Å². The van der Waals surface area contributed by atoms with Crippen LogP contribution < -0.4 is 10.6 Å². The average Bonchev–Trinajstić information content (AvgIpc) is 2.24. The van der Waals surface area contributed by atoms with Crippen LogP contribution in [-0.2, 0) is 4.79 Å². The number of urea groups is 1. The number of rotatable bonds is 8. The highest BCUT2D eigenvalue weighted by Gasteiger charge is 2.17. The lowest BCUT2D eigenvalue weighted by Crippen LogP contribution is -2.48. The van der Waals surface area contributed by atoms with Gasteiger partial charge in [-0.25, -0.2) is 9.59 Å². The molecule has 0 aliphatic heterocycles. The third-order valence-corrected chi connectivity index (χ3v) is 2.28. The Labute approximate surface area is 101 Å². The number of carbonyl (C=O) groups excluding carboxylic acids is 1. The molecule has 2 amide bonds. The van der Waals surface area contributed by atoms with Gasteiger partial charge in [-0.15, -0.1) is 0 Å². The number of hydrogen-bond acceptors (Lipinski definition) is 3. The van der Waals surface area contributed by atoms with Crippen LogP contribution in [0.25, 0.3) is 0 Å². The molecule has 0 aliphatic rings. The molecule has 0 rings (SSSR count). The molecule has 0 aliphatic carbocycles. The summed E-state index contributed by atoms with van der Waals surface area (Å²) >= 11 is 0. The van der Waals surface area contributed by atoms with Crippen LogP contribution in [0.1, 0.15) is 33.1 Å². The van der Waals surface area contributed by atoms with Crippen molar-refractivity contribution >= 4 is 12.0 Å². The first-order valence-electron chi connectivity index (χ1n) is 5.85. The van der Waals surface area contributed by atoms with Crippen molar-refractivity contribution in [3.63, 3.8) is 0 Å². The van der Waals surface area contributed by atoms with Gasteiger partial charge in [0.25, 0.3) is 0 Å². The van der Waals surface area contributed by atoms with E-state index in [1.54, 1.807) is 0 Å². The van der Waals surface area contributed by atoms with Crippen LogP contribution in [0.4, 0.5) is 4.79 Å². The lowest BCUT2D eigenvalue weighted by molar-refractivity contribution is -0.140. The van der Waals surface area contributed by atoms with Crippen molar-refractivity contribution in [3.05, 3.63) is 0 Å². The van der Waals surface area contributed by atoms with E-state index in [0.29, 0.717) is 12.5 Å². The number of amides is 2. The molecule has 6 nitrogen and oxygen atoms in total. The maximum atomic E-state index is 11.2. The van der Waals surface area contributed by atoms with E-state index in [4.69, 9.17) is 10.2 Å². The highest BCUT2D eigenvalue weighted by Crippen LogP contribution is 2.04. The molecular formula is C11H22N2O4. The number of carboxylic acid groups (broad SMARTS) is 1. The van der Waals surface area contributed by atoms with Crippen molar-refractivity contribution in [3.8, 4) is 0 Å². The fourth-order valence-electron chi connectivity index (χ4n) is 1.27. The van der Waals surface area contributed by atoms with E-state index in [9.17, 15) is 9.59 Å². The van der Waals surface area contributed by atoms with E-state index in [1.165, 1.54) is 0 Å². The first-order chi connectivity index (χ1) is 7.97. The summed E-state index contributed by atoms with van der Waals surface area (Å²) < 4.78 is 0. The van der Waals surface area contributed by atoms with Gasteiger partial charge in [-0.3, -0.25) is 0 Å². The molecule has 0 aromatic heterocycles. The minimum absolute atomic E-state index is 0.510. The van der Waals surface area contributed by atoms with E-state index in [-0.39, 0.29) is 0 Å². The molecule has 0 saturated carbocycles. The number of hydrogen-bond donors (Lipinski definition) is 4. The Kier molecular flexibility index (Phi) is 8.13. The molecule has 0 fully saturated rings. The summed E-state index contributed by atoms with van der Waals surface area (Å²) in [6.07, 6.45) is 3.00. The quantitative estimate of drug-likeness (QED) is 0.470. The van der Waals surface area contributed by atoms with E-state index in [1.807, 2.05) is 0 Å². The molecule has 0 radical (unpaired) electrons. The Morgan fingerprint density at radius 2 is 1.88 bits per heavy atom. The highest BCUT2D eigenvalue weighted by atomic mass is 16.4. The molecule has 100 valence electrons. The van der Waals surface area contributed by atoms with Crippen LogP contribution in [0, 0.1) is 5.92 Å². The zero-order valence-corrected chi connectivity index (χ0v) is 10.4. The molecule has 0 spiro atoms. The molecule has 0 saturated heterocycles. The SMILES string of the molecule is CC(C)CCCCNC(=O)NC(CO)C(=O)O. The lowest BCUT2D eigenvalue weighted by Gasteiger charge is -2.12. The molecule has 1 atom stereocenters. The fraction of sp³-hybridized carbons (Fsp3) is 0.818. The minimum atomic E-state index is -1.25. The molecule has 1 unspecified atom stereocenters. The first-order valence-corrected chi connectivity index (χ1v) is 5.85. The molecular weight excluding hydrogens is 224 g/mol. The highest BCUT2D eigenvalue weighted by molar-refractivity contribution is 5.82. The Balaban J connectivity index is 3.62. The van der Waals surface area contributed by atoms with Gasteiger partial charge in [0.2, 0.25) is 0 Å². The summed E-state index contributed by atoms with van der Waals surface area (Å²) in [5.41, 5.74) is 0. The lowest BCUT2D eigenvalue weighted by atomic mass is 10.1. The summed E-state index contributed by atoms with van der Waals surface area (Å²) in [6, 6.07) is -1.80. The number of aliphatic carboxylic acids is 1. The molecule has 0 aromatic carbocycles. The van der Waals surface area contributed by atoms with Gasteiger partial charge in [0.1, 0.15) is 0 Å². The zero-order valence-electron chi connectivity index (χ0n) is 10.4. The maximum Gasteiger partial charge on any atom is 0.328 e. The number of nitrogens with one attached hydrogen (secondary N) is 2. The third kappa shape index (κ3) is 8.50. The molecule has 0 heterocycles. The minimum Gasteiger partial charge on any atom is -0.480 e. The first kappa shape index (κ1) is 15.7. The normalized spacial score (nSPS) is 12.2. The van der Waals surface area contributed by atoms with E-state index < -0.39 is 24.6 Å². The second-order valence-electron chi connectivity index (χ2n) is 4.36. The number of carbonyl (C=O) groups is 2. The summed E-state index contributed by atoms with van der Waals surface area (Å²) in [7, 11) is 0. The van der Waals surface area contributed by atoms with Gasteiger partial charge in [0.15, 0.2) is 6.04 Å². The van der Waals surface area contributed by atoms with Gasteiger partial charge in [-0.1, -0.05) is 26.7 Å². The number of unbranched alkanes of at least 4 members (excludes halogenated alkanes) is 1. The van der Waals surface area contributed by atoms with E-state index in [2.05, 4.69) is 24.5 Å². The van der Waals surface area contributed by atoms with Crippen LogP contribution in [-0.4, -0.2) is 41.4 Å². The summed E-state index contributed by atoms with van der Waals surface area (Å²) in [5.74, 6) is -0.600. The van der Waals surface area contributed by atoms with Gasteiger partial charge in [0.05, 0.1) is 6.61 Å². The van der Waals surface area contributed by atoms with Gasteiger partial charge in [-0.05, 0) is 12.3 Å². The van der Waals surface area contributed by atoms with Gasteiger partial charge in [0, 0.05) is 6.54 Å². The van der Waals surface area contributed by atoms with Crippen molar-refractivity contribution < 1.29 is 19.8 Å². The standard InChI is InChI=1S/C11H22N2O4/c1-8(2)5-3-4-6-12-11(17)13-9(7-14)10(15)16/h8-9,14H,3-7H2,1-2H3,(H,15,16)(H2,12,13,17). The second kappa shape index (κ2) is 8.81. The van der Waals surface area contributed by atoms with Gasteiger partial charge >= 0.3 is 12.0 Å². The number of aliphatic hydroxyl groups is 1. The summed E-state index contributed by atoms with van der Waals surface area (Å²) in [6.45, 7) is 4.17. The number of aliphatic hydroxyl groups excluding tert-OH is 1. The van der Waals surface area contributed by atoms with Crippen LogP contribution >= 0.6 is 0 Å². The van der Waals surface area contributed by atoms with E-state index >= 15 is 0 Å². The smallest absolute Gasteiger partial charge is 0.328 e. The van der Waals surface area contributed by atoms with Crippen LogP contribution in [0.2, 0.25) is 0 Å². The monoisotopic (exact) mass is 246 g/mol. The Morgan fingerprint density at radius 1 is 1.24 bits per heavy atom. The molecule has 6 heteroatoms. The van der Waals surface area contributed by atoms with Crippen molar-refractivity contribution in [1.29, 1.82) is 0 Å². The third-order valence-electron chi connectivity index (χ3n) is 2.28. The molecule has 0 bridgehead atoms. The average molecular weight is 246 g/mol. The van der Waals surface area contributed by atoms with Crippen LogP contribution in [0.3, 0.4) is 0 Å². The van der Waals surface area contributed by atoms with Crippen LogP contribution in [0.15, 0.2) is 0 Å². The Morgan fingerprint density at radius 3 is 2.35 bits per heavy atom. The fourth-order valence-corrected chi connectivity index (χ4v) is 1.27. The number of carboxylic acids is 1. The van der Waals surface area contributed by atoms with Crippen molar-refractivity contribution in [2.75, 3.05) is 13.2 Å². The van der Waals surface area contributed by atoms with E-state index in [0.717, 1.165) is 19.3 Å². The predicted molar refractivity (Wildman–Crippen MR) is 63.7 cm³/mol. The molecule has 17 heavy (non-hydrogen) atoms. The maximum absolute atomic E-state index is 11.2. The van der Waals surface area contributed by atoms with Crippen molar-refractivity contribution in [2.24, 2.45) is 5.92 Å². The Bertz CT molecular complexity index is 244. The predicted octanol–water partition coefficient (Wildman–Crippen LogP) is 0.557. The summed E-state index contributed by atoms with van der Waals surface area (Å²) in [4.78, 5) is 21.7. The zero-order chi connectivity index (χ0) is 13.3. The Hall–Kier alpha value is -1.30. The molecule has 4 N–H and O–H groups in total. The van der Waals surface area contributed by atoms with Crippen molar-refractivity contribution in [1.82, 2.24) is 10.6 Å². The molecule has 0 aromatic rings. The second-order valence-corrected chi connectivity index (χ2v) is 4.36. The topological polar surface area (TPSA) is 98.7 Å². The van der Waals surface area contributed by atoms with Gasteiger partial charge in [-0.2, -0.15) is 0 Å². The van der Waals surface area contributed by atoms with Gasteiger partial charge < -0.3 is 20.8 Å². The summed E-state index contributed by atoms with van der Waals surface area (Å²) in [5, 5.41) is 22.0. The largest absolute Gasteiger partial charge is 0.480 e. The van der Waals surface area contributed by atoms with Crippen molar-refractivity contribution in [2.45, 2.75) is 39.2 Å².